The molecular weight excluding hydrogens is 379 g/mol. The lowest BCUT2D eigenvalue weighted by Crippen LogP contribution is -2.32. The van der Waals surface area contributed by atoms with Crippen LogP contribution in [0.1, 0.15) is 11.8 Å². The Hall–Kier alpha value is -2.30. The summed E-state index contributed by atoms with van der Waals surface area (Å²) >= 11 is 5.76. The average Bonchev–Trinajstić information content (AvgIpc) is 3.17. The fourth-order valence-electron chi connectivity index (χ4n) is 3.32. The number of nitrogens with two attached hydrogens (primary N) is 1. The van der Waals surface area contributed by atoms with Crippen LogP contribution in [0.15, 0.2) is 30.6 Å². The van der Waals surface area contributed by atoms with Crippen molar-refractivity contribution in [1.29, 1.82) is 0 Å². The molecule has 1 fully saturated rings. The second-order valence-electron chi connectivity index (χ2n) is 6.28. The van der Waals surface area contributed by atoms with E-state index in [1.165, 1.54) is 23.0 Å². The number of fused-ring (bicyclic) bond motifs is 1. The molecule has 8 nitrogen and oxygen atoms in total. The van der Waals surface area contributed by atoms with Gasteiger partial charge in [0, 0.05) is 5.56 Å². The highest BCUT2D eigenvalue weighted by Crippen LogP contribution is 2.39. The maximum Gasteiger partial charge on any atom is 0.151 e. The van der Waals surface area contributed by atoms with Gasteiger partial charge in [0.25, 0.3) is 0 Å². The van der Waals surface area contributed by atoms with Crippen molar-refractivity contribution >= 4 is 22.9 Å². The first kappa shape index (κ1) is 18.1. The number of nitrogen functional groups attached to an aromatic ring is 1. The fourth-order valence-corrected chi connectivity index (χ4v) is 3.44. The van der Waals surface area contributed by atoms with Gasteiger partial charge in [0.15, 0.2) is 5.82 Å². The number of nitrogens with zero attached hydrogens (tertiary/aromatic N) is 3. The third-order valence-corrected chi connectivity index (χ3v) is 4.98. The molecule has 4 rings (SSSR count). The molecule has 0 bridgehead atoms. The van der Waals surface area contributed by atoms with Gasteiger partial charge in [-0.3, -0.25) is 0 Å². The minimum Gasteiger partial charge on any atom is -0.394 e. The third kappa shape index (κ3) is 2.84. The summed E-state index contributed by atoms with van der Waals surface area (Å²) in [7, 11) is 0. The molecule has 1 saturated heterocycles. The van der Waals surface area contributed by atoms with Crippen LogP contribution >= 0.6 is 11.6 Å². The summed E-state index contributed by atoms with van der Waals surface area (Å²) in [6.07, 6.45) is -3.22. The van der Waals surface area contributed by atoms with Crippen molar-refractivity contribution in [2.75, 3.05) is 12.3 Å². The number of benzene rings is 1. The summed E-state index contributed by atoms with van der Waals surface area (Å²) in [5, 5.41) is 33.8. The summed E-state index contributed by atoms with van der Waals surface area (Å²) in [4.78, 5) is 3.97. The minimum atomic E-state index is -1.29. The van der Waals surface area contributed by atoms with Gasteiger partial charge in [0.05, 0.1) is 17.3 Å². The van der Waals surface area contributed by atoms with Crippen LogP contribution in [0.25, 0.3) is 16.6 Å². The molecule has 1 aliphatic rings. The number of hydrogen-bond donors (Lipinski definition) is 4. The summed E-state index contributed by atoms with van der Waals surface area (Å²) in [6.45, 7) is -0.454. The molecule has 5 N–H and O–H groups in total. The lowest BCUT2D eigenvalue weighted by Gasteiger charge is -2.14. The van der Waals surface area contributed by atoms with Crippen LogP contribution in [-0.2, 0) is 4.74 Å². The summed E-state index contributed by atoms with van der Waals surface area (Å²) in [5.41, 5.74) is 7.77. The predicted molar refractivity (Wildman–Crippen MR) is 94.5 cm³/mol. The molecule has 0 unspecified atom stereocenters. The van der Waals surface area contributed by atoms with Crippen LogP contribution < -0.4 is 5.73 Å². The Morgan fingerprint density at radius 1 is 1.26 bits per heavy atom. The van der Waals surface area contributed by atoms with E-state index in [0.717, 1.165) is 0 Å². The number of ether oxygens (including phenoxy) is 1. The number of aromatic nitrogens is 3. The smallest absolute Gasteiger partial charge is 0.151 e. The molecule has 3 heterocycles. The van der Waals surface area contributed by atoms with Gasteiger partial charge in [-0.15, -0.1) is 0 Å². The van der Waals surface area contributed by atoms with E-state index in [1.807, 2.05) is 0 Å². The molecule has 1 aliphatic heterocycles. The van der Waals surface area contributed by atoms with Crippen molar-refractivity contribution in [1.82, 2.24) is 14.6 Å². The maximum atomic E-state index is 14.0. The SMILES string of the molecule is Nc1ncnn2c([C@@H]3O[C@H](CO)[C@@H](O)[C@H]3O)cc(-c3ccc(Cl)c(F)c3)c12. The number of hydrogen-bond acceptors (Lipinski definition) is 7. The Labute approximate surface area is 157 Å². The van der Waals surface area contributed by atoms with E-state index in [9.17, 15) is 19.7 Å². The van der Waals surface area contributed by atoms with E-state index < -0.39 is 36.8 Å². The van der Waals surface area contributed by atoms with E-state index in [2.05, 4.69) is 10.1 Å². The Bertz CT molecular complexity index is 1010. The highest BCUT2D eigenvalue weighted by Gasteiger charge is 2.44. The van der Waals surface area contributed by atoms with Crippen LogP contribution in [0.3, 0.4) is 0 Å². The molecule has 1 aromatic carbocycles. The van der Waals surface area contributed by atoms with Gasteiger partial charge in [-0.25, -0.2) is 13.9 Å². The molecule has 0 radical (unpaired) electrons. The van der Waals surface area contributed by atoms with Crippen molar-refractivity contribution in [3.8, 4) is 11.1 Å². The van der Waals surface area contributed by atoms with E-state index in [4.69, 9.17) is 22.1 Å². The third-order valence-electron chi connectivity index (χ3n) is 4.67. The Kier molecular flexibility index (Phi) is 4.49. The van der Waals surface area contributed by atoms with E-state index >= 15 is 0 Å². The van der Waals surface area contributed by atoms with E-state index in [1.54, 1.807) is 12.1 Å². The van der Waals surface area contributed by atoms with E-state index in [0.29, 0.717) is 22.3 Å². The topological polar surface area (TPSA) is 126 Å². The Balaban J connectivity index is 1.91. The number of aliphatic hydroxyl groups is 3. The van der Waals surface area contributed by atoms with Crippen LogP contribution in [0.4, 0.5) is 10.2 Å². The summed E-state index contributed by atoms with van der Waals surface area (Å²) in [5.74, 6) is -0.452. The first-order valence-electron chi connectivity index (χ1n) is 8.12. The van der Waals surface area contributed by atoms with Crippen LogP contribution in [-0.4, -0.2) is 54.8 Å². The quantitative estimate of drug-likeness (QED) is 0.520. The second kappa shape index (κ2) is 6.70. The zero-order valence-electron chi connectivity index (χ0n) is 13.8. The van der Waals surface area contributed by atoms with Crippen molar-refractivity contribution in [2.24, 2.45) is 0 Å². The molecule has 4 atom stereocenters. The van der Waals surface area contributed by atoms with Gasteiger partial charge in [-0.05, 0) is 23.8 Å². The summed E-state index contributed by atoms with van der Waals surface area (Å²) in [6, 6.07) is 5.92. The maximum absolute atomic E-state index is 14.0. The van der Waals surface area contributed by atoms with Gasteiger partial charge in [0.2, 0.25) is 0 Å². The molecule has 2 aromatic heterocycles. The molecule has 0 aliphatic carbocycles. The number of anilines is 1. The monoisotopic (exact) mass is 394 g/mol. The van der Waals surface area contributed by atoms with Crippen LogP contribution in [0.2, 0.25) is 5.02 Å². The number of halogens is 2. The lowest BCUT2D eigenvalue weighted by atomic mass is 10.0. The normalized spacial score (nSPS) is 25.4. The van der Waals surface area contributed by atoms with Gasteiger partial charge >= 0.3 is 0 Å². The van der Waals surface area contributed by atoms with Gasteiger partial charge in [-0.2, -0.15) is 5.10 Å². The van der Waals surface area contributed by atoms with Gasteiger partial charge in [0.1, 0.15) is 42.1 Å². The molecule has 142 valence electrons. The van der Waals surface area contributed by atoms with Gasteiger partial charge < -0.3 is 25.8 Å². The standard InChI is InChI=1S/C17H16ClFN4O4/c18-9-2-1-7(3-10(9)19)8-4-11(23-13(8)17(20)21-6-22-23)16-15(26)14(25)12(5-24)27-16/h1-4,6,12,14-16,24-26H,5H2,(H2,20,21,22)/t12-,14-,15-,16+/m1/s1. The number of rotatable bonds is 3. The average molecular weight is 395 g/mol. The molecule has 0 spiro atoms. The molecule has 27 heavy (non-hydrogen) atoms. The zero-order chi connectivity index (χ0) is 19.3. The molecule has 10 heteroatoms. The van der Waals surface area contributed by atoms with Crippen LogP contribution in [0.5, 0.6) is 0 Å². The first-order chi connectivity index (χ1) is 12.9. The molecular formula is C17H16ClFN4O4. The Morgan fingerprint density at radius 3 is 2.70 bits per heavy atom. The van der Waals surface area contributed by atoms with Crippen molar-refractivity contribution < 1.29 is 24.4 Å². The molecule has 0 saturated carbocycles. The second-order valence-corrected chi connectivity index (χ2v) is 6.68. The first-order valence-corrected chi connectivity index (χ1v) is 8.50. The largest absolute Gasteiger partial charge is 0.394 e. The van der Waals surface area contributed by atoms with Gasteiger partial charge in [-0.1, -0.05) is 17.7 Å². The zero-order valence-corrected chi connectivity index (χ0v) is 14.6. The fraction of sp³-hybridized carbons (Fsp3) is 0.294. The Morgan fingerprint density at radius 2 is 2.04 bits per heavy atom. The van der Waals surface area contributed by atoms with Crippen molar-refractivity contribution in [3.05, 3.63) is 47.1 Å². The number of aliphatic hydroxyl groups excluding tert-OH is 3. The lowest BCUT2D eigenvalue weighted by molar-refractivity contribution is -0.0244. The van der Waals surface area contributed by atoms with Crippen LogP contribution in [0, 0.1) is 5.82 Å². The van der Waals surface area contributed by atoms with E-state index in [-0.39, 0.29) is 10.8 Å². The minimum absolute atomic E-state index is 0.0184. The predicted octanol–water partition coefficient (Wildman–Crippen LogP) is 0.925. The highest BCUT2D eigenvalue weighted by atomic mass is 35.5. The highest BCUT2D eigenvalue weighted by molar-refractivity contribution is 6.30. The molecule has 3 aromatic rings. The van der Waals surface area contributed by atoms with Crippen molar-refractivity contribution in [2.45, 2.75) is 24.4 Å². The summed E-state index contributed by atoms with van der Waals surface area (Å²) < 4.78 is 21.0. The van der Waals surface area contributed by atoms with Crippen molar-refractivity contribution in [3.63, 3.8) is 0 Å². The molecule has 0 amide bonds.